The summed E-state index contributed by atoms with van der Waals surface area (Å²) in [5.74, 6) is 0. The van der Waals surface area contributed by atoms with Crippen LogP contribution >= 0.6 is 12.4 Å². The molecule has 0 radical (unpaired) electrons. The first-order chi connectivity index (χ1) is 12.4. The molecule has 0 spiro atoms. The number of nitrogens with zero attached hydrogens (tertiary/aromatic N) is 1. The van der Waals surface area contributed by atoms with Gasteiger partial charge in [0, 0.05) is 30.3 Å². The van der Waals surface area contributed by atoms with Crippen LogP contribution in [-0.4, -0.2) is 17.6 Å². The Balaban J connectivity index is 0.00000196. The highest BCUT2D eigenvalue weighted by atomic mass is 35.5. The lowest BCUT2D eigenvalue weighted by Gasteiger charge is -2.24. The molecule has 0 saturated heterocycles. The predicted molar refractivity (Wildman–Crippen MR) is 111 cm³/mol. The number of pyridine rings is 1. The van der Waals surface area contributed by atoms with Gasteiger partial charge in [0.1, 0.15) is 0 Å². The van der Waals surface area contributed by atoms with E-state index in [1.54, 1.807) is 0 Å². The average Bonchev–Trinajstić information content (AvgIpc) is 2.70. The van der Waals surface area contributed by atoms with Gasteiger partial charge >= 0.3 is 0 Å². The van der Waals surface area contributed by atoms with E-state index in [0.717, 1.165) is 30.8 Å². The molecular weight excluding hydrogens is 340 g/mol. The monoisotopic (exact) mass is 362 g/mol. The van der Waals surface area contributed by atoms with E-state index in [1.807, 2.05) is 6.07 Å². The lowest BCUT2D eigenvalue weighted by molar-refractivity contribution is 0.528. The number of benzene rings is 2. The zero-order valence-corrected chi connectivity index (χ0v) is 15.5. The molecule has 2 aromatic carbocycles. The van der Waals surface area contributed by atoms with Crippen molar-refractivity contribution in [2.75, 3.05) is 6.54 Å². The van der Waals surface area contributed by atoms with E-state index in [4.69, 9.17) is 4.98 Å². The van der Waals surface area contributed by atoms with Gasteiger partial charge in [-0.2, -0.15) is 0 Å². The fourth-order valence-corrected chi connectivity index (χ4v) is 3.42. The Hall–Kier alpha value is -2.42. The topological polar surface area (TPSA) is 24.9 Å². The van der Waals surface area contributed by atoms with E-state index in [-0.39, 0.29) is 12.4 Å². The van der Waals surface area contributed by atoms with E-state index in [2.05, 4.69) is 84.2 Å². The largest absolute Gasteiger partial charge is 0.310 e. The Labute approximate surface area is 161 Å². The van der Waals surface area contributed by atoms with E-state index in [0.29, 0.717) is 6.04 Å². The van der Waals surface area contributed by atoms with Gasteiger partial charge in [0.15, 0.2) is 0 Å². The quantitative estimate of drug-likeness (QED) is 0.693. The zero-order chi connectivity index (χ0) is 16.9. The Bertz CT molecular complexity index is 860. The zero-order valence-electron chi connectivity index (χ0n) is 14.6. The predicted octanol–water partition coefficient (Wildman–Crippen LogP) is 5.16. The van der Waals surface area contributed by atoms with Crippen LogP contribution in [0.4, 0.5) is 0 Å². The minimum absolute atomic E-state index is 0. The molecule has 0 bridgehead atoms. The second-order valence-electron chi connectivity index (χ2n) is 6.49. The summed E-state index contributed by atoms with van der Waals surface area (Å²) in [6, 6.07) is 27.8. The number of hydrogen-bond acceptors (Lipinski definition) is 2. The summed E-state index contributed by atoms with van der Waals surface area (Å²) in [5.41, 5.74) is 6.13. The summed E-state index contributed by atoms with van der Waals surface area (Å²) in [6.07, 6.45) is 4.30. The van der Waals surface area contributed by atoms with Crippen LogP contribution in [0.1, 0.15) is 17.7 Å². The van der Waals surface area contributed by atoms with Gasteiger partial charge in [0.25, 0.3) is 0 Å². The summed E-state index contributed by atoms with van der Waals surface area (Å²) < 4.78 is 0. The van der Waals surface area contributed by atoms with Gasteiger partial charge in [-0.3, -0.25) is 4.98 Å². The standard InChI is InChI=1S/C23H22N2.ClH/c1-3-8-18(9-4-1)20-14-15-24-22(16-20)17-21-12-7-13-23(25-21)19-10-5-2-6-11-19;/h1-14,22,24H,15-17H2;1H. The van der Waals surface area contributed by atoms with Crippen molar-refractivity contribution in [1.82, 2.24) is 10.3 Å². The second-order valence-corrected chi connectivity index (χ2v) is 6.49. The Morgan fingerprint density at radius 1 is 0.808 bits per heavy atom. The number of aromatic nitrogens is 1. The molecule has 0 aliphatic carbocycles. The third kappa shape index (κ3) is 4.40. The normalized spacial score (nSPS) is 16.5. The van der Waals surface area contributed by atoms with Crippen LogP contribution in [0.15, 0.2) is 84.9 Å². The van der Waals surface area contributed by atoms with Crippen LogP contribution in [0.25, 0.3) is 16.8 Å². The van der Waals surface area contributed by atoms with E-state index in [9.17, 15) is 0 Å². The fraction of sp³-hybridized carbons (Fsp3) is 0.174. The van der Waals surface area contributed by atoms with Gasteiger partial charge in [0.2, 0.25) is 0 Å². The summed E-state index contributed by atoms with van der Waals surface area (Å²) in [7, 11) is 0. The molecule has 0 fully saturated rings. The van der Waals surface area contributed by atoms with Crippen molar-refractivity contribution in [2.24, 2.45) is 0 Å². The lowest BCUT2D eigenvalue weighted by Crippen LogP contribution is -2.34. The molecule has 0 amide bonds. The van der Waals surface area contributed by atoms with Gasteiger partial charge in [-0.1, -0.05) is 72.8 Å². The van der Waals surface area contributed by atoms with Crippen LogP contribution in [0.3, 0.4) is 0 Å². The smallest absolute Gasteiger partial charge is 0.0705 e. The summed E-state index contributed by atoms with van der Waals surface area (Å²) in [5, 5.41) is 3.61. The molecule has 26 heavy (non-hydrogen) atoms. The number of nitrogens with one attached hydrogen (secondary N) is 1. The number of rotatable bonds is 4. The van der Waals surface area contributed by atoms with Gasteiger partial charge in [0.05, 0.1) is 5.69 Å². The minimum Gasteiger partial charge on any atom is -0.310 e. The third-order valence-electron chi connectivity index (χ3n) is 4.70. The van der Waals surface area contributed by atoms with Crippen molar-refractivity contribution >= 4 is 18.0 Å². The summed E-state index contributed by atoms with van der Waals surface area (Å²) in [4.78, 5) is 4.88. The molecule has 1 aliphatic rings. The second kappa shape index (κ2) is 8.79. The van der Waals surface area contributed by atoms with E-state index < -0.39 is 0 Å². The number of hydrogen-bond donors (Lipinski definition) is 1. The lowest BCUT2D eigenvalue weighted by atomic mass is 9.93. The molecule has 1 aliphatic heterocycles. The maximum atomic E-state index is 4.88. The van der Waals surface area contributed by atoms with Crippen LogP contribution < -0.4 is 5.32 Å². The van der Waals surface area contributed by atoms with Crippen LogP contribution in [-0.2, 0) is 6.42 Å². The first-order valence-corrected chi connectivity index (χ1v) is 8.88. The highest BCUT2D eigenvalue weighted by Crippen LogP contribution is 2.24. The maximum Gasteiger partial charge on any atom is 0.0705 e. The molecule has 2 heterocycles. The molecule has 1 atom stereocenters. The Kier molecular flexibility index (Phi) is 6.21. The van der Waals surface area contributed by atoms with Gasteiger partial charge in [-0.05, 0) is 29.7 Å². The first kappa shape index (κ1) is 18.4. The van der Waals surface area contributed by atoms with Crippen LogP contribution in [0, 0.1) is 0 Å². The maximum absolute atomic E-state index is 4.88. The van der Waals surface area contributed by atoms with Crippen molar-refractivity contribution in [3.05, 3.63) is 96.2 Å². The fourth-order valence-electron chi connectivity index (χ4n) is 3.42. The van der Waals surface area contributed by atoms with E-state index >= 15 is 0 Å². The van der Waals surface area contributed by atoms with Crippen LogP contribution in [0.2, 0.25) is 0 Å². The minimum atomic E-state index is 0. The highest BCUT2D eigenvalue weighted by molar-refractivity contribution is 5.85. The molecule has 1 aromatic heterocycles. The summed E-state index contributed by atoms with van der Waals surface area (Å²) >= 11 is 0. The molecule has 3 aromatic rings. The molecule has 1 N–H and O–H groups in total. The third-order valence-corrected chi connectivity index (χ3v) is 4.70. The molecular formula is C23H23ClN2. The van der Waals surface area contributed by atoms with Crippen LogP contribution in [0.5, 0.6) is 0 Å². The first-order valence-electron chi connectivity index (χ1n) is 8.88. The van der Waals surface area contributed by atoms with Crippen molar-refractivity contribution in [3.63, 3.8) is 0 Å². The van der Waals surface area contributed by atoms with Crippen molar-refractivity contribution < 1.29 is 0 Å². The van der Waals surface area contributed by atoms with Crippen molar-refractivity contribution in [2.45, 2.75) is 18.9 Å². The van der Waals surface area contributed by atoms with Crippen molar-refractivity contribution in [1.29, 1.82) is 0 Å². The van der Waals surface area contributed by atoms with Gasteiger partial charge < -0.3 is 5.32 Å². The molecule has 3 heteroatoms. The molecule has 2 nitrogen and oxygen atoms in total. The average molecular weight is 363 g/mol. The molecule has 0 saturated carbocycles. The Morgan fingerprint density at radius 3 is 2.23 bits per heavy atom. The molecule has 1 unspecified atom stereocenters. The SMILES string of the molecule is C1=C(c2ccccc2)CC(Cc2cccc(-c3ccccc3)n2)NC1.Cl. The molecule has 132 valence electrons. The number of halogens is 1. The van der Waals surface area contributed by atoms with E-state index in [1.165, 1.54) is 16.7 Å². The van der Waals surface area contributed by atoms with Gasteiger partial charge in [-0.15, -0.1) is 12.4 Å². The van der Waals surface area contributed by atoms with Crippen molar-refractivity contribution in [3.8, 4) is 11.3 Å². The highest BCUT2D eigenvalue weighted by Gasteiger charge is 2.17. The van der Waals surface area contributed by atoms with Gasteiger partial charge in [-0.25, -0.2) is 0 Å². The molecule has 4 rings (SSSR count). The summed E-state index contributed by atoms with van der Waals surface area (Å²) in [6.45, 7) is 0.924. The Morgan fingerprint density at radius 2 is 1.50 bits per heavy atom.